The molecule has 7 nitrogen and oxygen atoms in total. The SMILES string of the molecule is COc1ccc(-n2nnnc2C(F)(F)F)cc1C[C@@H]1CN(C(c2ccccc2)c2ccccc2)CCN1. The molecular weight excluding hydrogens is 481 g/mol. The van der Waals surface area contributed by atoms with Gasteiger partial charge >= 0.3 is 6.18 Å². The van der Waals surface area contributed by atoms with E-state index >= 15 is 0 Å². The van der Waals surface area contributed by atoms with Crippen molar-refractivity contribution in [3.05, 3.63) is 101 Å². The molecule has 0 spiro atoms. The number of rotatable bonds is 7. The van der Waals surface area contributed by atoms with Crippen LogP contribution in [0.15, 0.2) is 78.9 Å². The maximum atomic E-state index is 13.4. The second kappa shape index (κ2) is 10.7. The standard InChI is InChI=1S/C27H27F3N6O/c1-37-24-13-12-23(36-26(27(28,29)30)32-33-34-36)17-21(24)16-22-18-35(15-14-31-22)25(19-8-4-2-5-9-19)20-10-6-3-7-11-20/h2-13,17,22,25,31H,14-16,18H2,1H3/t22-/m1/s1. The number of aromatic nitrogens is 4. The van der Waals surface area contributed by atoms with Crippen LogP contribution >= 0.6 is 0 Å². The maximum absolute atomic E-state index is 13.4. The largest absolute Gasteiger partial charge is 0.496 e. The van der Waals surface area contributed by atoms with Gasteiger partial charge in [-0.3, -0.25) is 4.90 Å². The quantitative estimate of drug-likeness (QED) is 0.402. The molecule has 0 bridgehead atoms. The Bertz CT molecular complexity index is 1270. The van der Waals surface area contributed by atoms with Crippen molar-refractivity contribution in [1.29, 1.82) is 0 Å². The van der Waals surface area contributed by atoms with E-state index in [1.54, 1.807) is 19.2 Å². The zero-order valence-electron chi connectivity index (χ0n) is 20.3. The molecule has 4 aromatic rings. The van der Waals surface area contributed by atoms with Crippen LogP contribution in [0.3, 0.4) is 0 Å². The highest BCUT2D eigenvalue weighted by Gasteiger charge is 2.38. The Labute approximate surface area is 212 Å². The number of benzene rings is 3. The van der Waals surface area contributed by atoms with Crippen molar-refractivity contribution < 1.29 is 17.9 Å². The molecule has 1 N–H and O–H groups in total. The molecule has 1 saturated heterocycles. The predicted molar refractivity (Wildman–Crippen MR) is 133 cm³/mol. The Kier molecular flexibility index (Phi) is 7.20. The van der Waals surface area contributed by atoms with Gasteiger partial charge in [-0.25, -0.2) is 0 Å². The zero-order chi connectivity index (χ0) is 25.8. The summed E-state index contributed by atoms with van der Waals surface area (Å²) in [6, 6.07) is 25.8. The van der Waals surface area contributed by atoms with Gasteiger partial charge in [0.1, 0.15) is 5.75 Å². The summed E-state index contributed by atoms with van der Waals surface area (Å²) >= 11 is 0. The first kappa shape index (κ1) is 24.9. The van der Waals surface area contributed by atoms with Gasteiger partial charge in [-0.2, -0.15) is 17.9 Å². The Hall–Kier alpha value is -3.76. The van der Waals surface area contributed by atoms with Gasteiger partial charge in [-0.1, -0.05) is 60.7 Å². The molecular formula is C27H27F3N6O. The van der Waals surface area contributed by atoms with E-state index in [-0.39, 0.29) is 17.8 Å². The lowest BCUT2D eigenvalue weighted by molar-refractivity contribution is -0.146. The number of nitrogens with zero attached hydrogens (tertiary/aromatic N) is 5. The average molecular weight is 509 g/mol. The number of nitrogens with one attached hydrogen (secondary N) is 1. The summed E-state index contributed by atoms with van der Waals surface area (Å²) in [5.41, 5.74) is 3.44. The van der Waals surface area contributed by atoms with Crippen LogP contribution in [-0.4, -0.2) is 57.9 Å². The Morgan fingerprint density at radius 3 is 2.30 bits per heavy atom. The van der Waals surface area contributed by atoms with E-state index < -0.39 is 12.0 Å². The smallest absolute Gasteiger partial charge is 0.453 e. The topological polar surface area (TPSA) is 68.1 Å². The van der Waals surface area contributed by atoms with E-state index in [9.17, 15) is 13.2 Å². The van der Waals surface area contributed by atoms with Gasteiger partial charge < -0.3 is 10.1 Å². The van der Waals surface area contributed by atoms with Crippen LogP contribution in [0, 0.1) is 0 Å². The number of piperazine rings is 1. The van der Waals surface area contributed by atoms with E-state index in [0.29, 0.717) is 16.9 Å². The van der Waals surface area contributed by atoms with Crippen LogP contribution in [0.1, 0.15) is 28.6 Å². The van der Waals surface area contributed by atoms with Crippen LogP contribution < -0.4 is 10.1 Å². The minimum absolute atomic E-state index is 0.0591. The summed E-state index contributed by atoms with van der Waals surface area (Å²) in [6.07, 6.45) is -4.10. The number of halogens is 3. The number of tetrazole rings is 1. The van der Waals surface area contributed by atoms with Gasteiger partial charge in [0.2, 0.25) is 0 Å². The van der Waals surface area contributed by atoms with Crippen LogP contribution in [0.25, 0.3) is 5.69 Å². The molecule has 37 heavy (non-hydrogen) atoms. The minimum atomic E-state index is -4.67. The molecule has 5 rings (SSSR count). The average Bonchev–Trinajstić information content (AvgIpc) is 3.42. The van der Waals surface area contributed by atoms with Crippen molar-refractivity contribution in [3.63, 3.8) is 0 Å². The van der Waals surface area contributed by atoms with Gasteiger partial charge in [0.05, 0.1) is 18.8 Å². The molecule has 1 aromatic heterocycles. The van der Waals surface area contributed by atoms with E-state index in [0.717, 1.165) is 25.2 Å². The molecule has 1 aliphatic rings. The molecule has 192 valence electrons. The maximum Gasteiger partial charge on any atom is 0.453 e. The van der Waals surface area contributed by atoms with Crippen LogP contribution in [-0.2, 0) is 12.6 Å². The highest BCUT2D eigenvalue weighted by Crippen LogP contribution is 2.32. The summed E-state index contributed by atoms with van der Waals surface area (Å²) < 4.78 is 46.4. The summed E-state index contributed by atoms with van der Waals surface area (Å²) in [5, 5.41) is 13.5. The lowest BCUT2D eigenvalue weighted by atomic mass is 9.94. The monoisotopic (exact) mass is 508 g/mol. The fourth-order valence-corrected chi connectivity index (χ4v) is 4.97. The summed E-state index contributed by atoms with van der Waals surface area (Å²) in [5.74, 6) is -0.564. The molecule has 0 radical (unpaired) electrons. The number of hydrogen-bond donors (Lipinski definition) is 1. The normalized spacial score (nSPS) is 16.7. The van der Waals surface area contributed by atoms with Crippen molar-refractivity contribution in [1.82, 2.24) is 30.4 Å². The third-order valence-electron chi connectivity index (χ3n) is 6.58. The lowest BCUT2D eigenvalue weighted by Gasteiger charge is -2.39. The molecule has 0 aliphatic carbocycles. The van der Waals surface area contributed by atoms with E-state index in [2.05, 4.69) is 74.3 Å². The Morgan fingerprint density at radius 1 is 1.00 bits per heavy atom. The van der Waals surface area contributed by atoms with Crippen molar-refractivity contribution >= 4 is 0 Å². The Morgan fingerprint density at radius 2 is 1.68 bits per heavy atom. The third kappa shape index (κ3) is 5.50. The number of alkyl halides is 3. The van der Waals surface area contributed by atoms with Crippen molar-refractivity contribution in [2.75, 3.05) is 26.7 Å². The highest BCUT2D eigenvalue weighted by atomic mass is 19.4. The van der Waals surface area contributed by atoms with Crippen LogP contribution in [0.5, 0.6) is 5.75 Å². The van der Waals surface area contributed by atoms with Crippen LogP contribution in [0.2, 0.25) is 0 Å². The van der Waals surface area contributed by atoms with Crippen LogP contribution in [0.4, 0.5) is 13.2 Å². The lowest BCUT2D eigenvalue weighted by Crippen LogP contribution is -2.52. The summed E-state index contributed by atoms with van der Waals surface area (Å²) in [6.45, 7) is 2.40. The molecule has 0 amide bonds. The number of methoxy groups -OCH3 is 1. The predicted octanol–water partition coefficient (Wildman–Crippen LogP) is 4.30. The van der Waals surface area contributed by atoms with Crippen molar-refractivity contribution in [2.45, 2.75) is 24.7 Å². The number of ether oxygens (including phenoxy) is 1. The zero-order valence-corrected chi connectivity index (χ0v) is 20.3. The fourth-order valence-electron chi connectivity index (χ4n) is 4.97. The summed E-state index contributed by atoms with van der Waals surface area (Å²) in [7, 11) is 1.55. The second-order valence-corrected chi connectivity index (χ2v) is 8.98. The van der Waals surface area contributed by atoms with Gasteiger partial charge in [0, 0.05) is 25.7 Å². The highest BCUT2D eigenvalue weighted by molar-refractivity contribution is 5.45. The van der Waals surface area contributed by atoms with E-state index in [4.69, 9.17) is 4.74 Å². The van der Waals surface area contributed by atoms with Crippen molar-refractivity contribution in [2.24, 2.45) is 0 Å². The molecule has 2 heterocycles. The minimum Gasteiger partial charge on any atom is -0.496 e. The van der Waals surface area contributed by atoms with Gasteiger partial charge in [0.25, 0.3) is 5.82 Å². The first-order chi connectivity index (χ1) is 17.9. The first-order valence-corrected chi connectivity index (χ1v) is 12.0. The molecule has 1 atom stereocenters. The van der Waals surface area contributed by atoms with Crippen molar-refractivity contribution in [3.8, 4) is 11.4 Å². The third-order valence-corrected chi connectivity index (χ3v) is 6.58. The first-order valence-electron chi connectivity index (χ1n) is 12.0. The Balaban J connectivity index is 1.42. The molecule has 1 aliphatic heterocycles. The molecule has 3 aromatic carbocycles. The van der Waals surface area contributed by atoms with E-state index in [1.807, 2.05) is 12.1 Å². The second-order valence-electron chi connectivity index (χ2n) is 8.98. The molecule has 10 heteroatoms. The molecule has 0 unspecified atom stereocenters. The van der Waals surface area contributed by atoms with Gasteiger partial charge in [-0.15, -0.1) is 5.10 Å². The van der Waals surface area contributed by atoms with Gasteiger partial charge in [-0.05, 0) is 51.7 Å². The number of hydrogen-bond acceptors (Lipinski definition) is 6. The van der Waals surface area contributed by atoms with Gasteiger partial charge in [0.15, 0.2) is 0 Å². The van der Waals surface area contributed by atoms with E-state index in [1.165, 1.54) is 17.2 Å². The molecule has 0 saturated carbocycles. The summed E-state index contributed by atoms with van der Waals surface area (Å²) in [4.78, 5) is 2.45. The fraction of sp³-hybridized carbons (Fsp3) is 0.296. The molecule has 1 fully saturated rings.